The van der Waals surface area contributed by atoms with Gasteiger partial charge in [0.05, 0.1) is 5.56 Å². The van der Waals surface area contributed by atoms with Crippen LogP contribution in [0.3, 0.4) is 0 Å². The standard InChI is InChI=1S/C17H20FNO2/c1-12-8-13(2)11-19(10-12)17(21)15-6-5-14(4-3-7-20)16(18)9-15/h5-6,9,12-13,20H,7-8,10-11H2,1-2H3. The average Bonchev–Trinajstić information content (AvgIpc) is 2.44. The predicted molar refractivity (Wildman–Crippen MR) is 79.2 cm³/mol. The Morgan fingerprint density at radius 2 is 2.05 bits per heavy atom. The predicted octanol–water partition coefficient (Wildman–Crippen LogP) is 2.29. The smallest absolute Gasteiger partial charge is 0.253 e. The van der Waals surface area contributed by atoms with E-state index in [0.29, 0.717) is 17.4 Å². The van der Waals surface area contributed by atoms with Crippen molar-refractivity contribution in [3.63, 3.8) is 0 Å². The molecule has 0 aliphatic carbocycles. The zero-order valence-electron chi connectivity index (χ0n) is 12.4. The fourth-order valence-electron chi connectivity index (χ4n) is 2.90. The SMILES string of the molecule is CC1CC(C)CN(C(=O)c2ccc(C#CCO)c(F)c2)C1. The van der Waals surface area contributed by atoms with Crippen molar-refractivity contribution in [2.75, 3.05) is 19.7 Å². The molecule has 2 rings (SSSR count). The highest BCUT2D eigenvalue weighted by atomic mass is 19.1. The molecule has 1 N–H and O–H groups in total. The van der Waals surface area contributed by atoms with Gasteiger partial charge in [-0.25, -0.2) is 4.39 Å². The van der Waals surface area contributed by atoms with Gasteiger partial charge >= 0.3 is 0 Å². The Balaban J connectivity index is 2.18. The van der Waals surface area contributed by atoms with E-state index in [2.05, 4.69) is 25.7 Å². The van der Waals surface area contributed by atoms with Crippen molar-refractivity contribution in [2.45, 2.75) is 20.3 Å². The van der Waals surface area contributed by atoms with E-state index in [0.717, 1.165) is 19.5 Å². The largest absolute Gasteiger partial charge is 0.384 e. The third kappa shape index (κ3) is 3.83. The van der Waals surface area contributed by atoms with E-state index < -0.39 is 5.82 Å². The maximum absolute atomic E-state index is 13.9. The van der Waals surface area contributed by atoms with Crippen molar-refractivity contribution in [2.24, 2.45) is 11.8 Å². The summed E-state index contributed by atoms with van der Waals surface area (Å²) in [6.45, 7) is 5.38. The number of nitrogens with zero attached hydrogens (tertiary/aromatic N) is 1. The molecule has 0 bridgehead atoms. The summed E-state index contributed by atoms with van der Waals surface area (Å²) in [5.74, 6) is 5.20. The normalized spacial score (nSPS) is 21.6. The number of aliphatic hydroxyl groups excluding tert-OH is 1. The third-order valence-corrected chi connectivity index (χ3v) is 3.67. The van der Waals surface area contributed by atoms with E-state index >= 15 is 0 Å². The van der Waals surface area contributed by atoms with Gasteiger partial charge in [-0.15, -0.1) is 0 Å². The Bertz CT molecular complexity index is 578. The first-order valence-electron chi connectivity index (χ1n) is 7.19. The summed E-state index contributed by atoms with van der Waals surface area (Å²) in [5.41, 5.74) is 0.546. The van der Waals surface area contributed by atoms with Crippen LogP contribution >= 0.6 is 0 Å². The second-order valence-electron chi connectivity index (χ2n) is 5.81. The summed E-state index contributed by atoms with van der Waals surface area (Å²) in [5, 5.41) is 8.62. The summed E-state index contributed by atoms with van der Waals surface area (Å²) in [6.07, 6.45) is 1.12. The highest BCUT2D eigenvalue weighted by molar-refractivity contribution is 5.94. The van der Waals surface area contributed by atoms with Crippen molar-refractivity contribution >= 4 is 5.91 Å². The molecule has 2 atom stereocenters. The van der Waals surface area contributed by atoms with Crippen LogP contribution in [0.25, 0.3) is 0 Å². The lowest BCUT2D eigenvalue weighted by Crippen LogP contribution is -2.42. The molecular weight excluding hydrogens is 269 g/mol. The Morgan fingerprint density at radius 3 is 2.62 bits per heavy atom. The van der Waals surface area contributed by atoms with Crippen LogP contribution in [-0.4, -0.2) is 35.6 Å². The van der Waals surface area contributed by atoms with Gasteiger partial charge < -0.3 is 10.0 Å². The van der Waals surface area contributed by atoms with Crippen LogP contribution in [0.1, 0.15) is 36.2 Å². The van der Waals surface area contributed by atoms with E-state index in [9.17, 15) is 9.18 Å². The Morgan fingerprint density at radius 1 is 1.38 bits per heavy atom. The molecule has 1 aromatic rings. The summed E-state index contributed by atoms with van der Waals surface area (Å²) in [4.78, 5) is 14.2. The van der Waals surface area contributed by atoms with Crippen LogP contribution in [0.5, 0.6) is 0 Å². The molecule has 1 aliphatic heterocycles. The van der Waals surface area contributed by atoms with Crippen LogP contribution in [0.4, 0.5) is 4.39 Å². The zero-order chi connectivity index (χ0) is 15.4. The number of rotatable bonds is 1. The lowest BCUT2D eigenvalue weighted by atomic mass is 9.91. The number of halogens is 1. The first kappa shape index (κ1) is 15.5. The van der Waals surface area contributed by atoms with Gasteiger partial charge in [0.15, 0.2) is 0 Å². The summed E-state index contributed by atoms with van der Waals surface area (Å²) >= 11 is 0. The van der Waals surface area contributed by atoms with Crippen molar-refractivity contribution in [3.05, 3.63) is 35.1 Å². The molecule has 0 saturated carbocycles. The highest BCUT2D eigenvalue weighted by Gasteiger charge is 2.26. The van der Waals surface area contributed by atoms with Crippen molar-refractivity contribution in [3.8, 4) is 11.8 Å². The number of piperidine rings is 1. The Labute approximate surface area is 124 Å². The number of carbonyl (C=O) groups excluding carboxylic acids is 1. The maximum atomic E-state index is 13.9. The molecule has 1 aromatic carbocycles. The van der Waals surface area contributed by atoms with E-state index in [1.54, 1.807) is 11.0 Å². The number of hydrogen-bond acceptors (Lipinski definition) is 2. The zero-order valence-corrected chi connectivity index (χ0v) is 12.4. The number of aliphatic hydroxyl groups is 1. The number of likely N-dealkylation sites (tertiary alicyclic amines) is 1. The lowest BCUT2D eigenvalue weighted by molar-refractivity contribution is 0.0622. The molecule has 1 amide bonds. The molecule has 4 heteroatoms. The summed E-state index contributed by atoms with van der Waals surface area (Å²) in [7, 11) is 0. The monoisotopic (exact) mass is 289 g/mol. The molecule has 1 aliphatic rings. The van der Waals surface area contributed by atoms with Crippen LogP contribution in [-0.2, 0) is 0 Å². The molecule has 2 unspecified atom stereocenters. The molecule has 0 spiro atoms. The third-order valence-electron chi connectivity index (χ3n) is 3.67. The minimum Gasteiger partial charge on any atom is -0.384 e. The van der Waals surface area contributed by atoms with Gasteiger partial charge in [-0.05, 0) is 36.5 Å². The Hall–Kier alpha value is -1.86. The van der Waals surface area contributed by atoms with Gasteiger partial charge in [0.25, 0.3) is 5.91 Å². The molecular formula is C17H20FNO2. The van der Waals surface area contributed by atoms with Gasteiger partial charge in [0.1, 0.15) is 12.4 Å². The number of benzene rings is 1. The quantitative estimate of drug-likeness (QED) is 0.806. The first-order chi connectivity index (χ1) is 10.0. The molecule has 0 radical (unpaired) electrons. The van der Waals surface area contributed by atoms with Crippen LogP contribution in [0.15, 0.2) is 18.2 Å². The van der Waals surface area contributed by atoms with Crippen molar-refractivity contribution in [1.29, 1.82) is 0 Å². The second kappa shape index (κ2) is 6.73. The van der Waals surface area contributed by atoms with E-state index in [4.69, 9.17) is 5.11 Å². The van der Waals surface area contributed by atoms with Crippen LogP contribution in [0, 0.1) is 29.5 Å². The number of hydrogen-bond donors (Lipinski definition) is 1. The molecule has 112 valence electrons. The Kier molecular flexibility index (Phi) is 4.98. The molecule has 1 fully saturated rings. The average molecular weight is 289 g/mol. The van der Waals surface area contributed by atoms with E-state index in [1.165, 1.54) is 12.1 Å². The fraction of sp³-hybridized carbons (Fsp3) is 0.471. The number of carbonyl (C=O) groups is 1. The minimum absolute atomic E-state index is 0.131. The van der Waals surface area contributed by atoms with Crippen molar-refractivity contribution < 1.29 is 14.3 Å². The van der Waals surface area contributed by atoms with E-state index in [1.807, 2.05) is 0 Å². The van der Waals surface area contributed by atoms with Crippen LogP contribution < -0.4 is 0 Å². The summed E-state index contributed by atoms with van der Waals surface area (Å²) in [6, 6.07) is 4.31. The molecule has 1 saturated heterocycles. The van der Waals surface area contributed by atoms with Gasteiger partial charge in [0.2, 0.25) is 0 Å². The van der Waals surface area contributed by atoms with Gasteiger partial charge in [-0.2, -0.15) is 0 Å². The maximum Gasteiger partial charge on any atom is 0.253 e. The molecule has 3 nitrogen and oxygen atoms in total. The highest BCUT2D eigenvalue weighted by Crippen LogP contribution is 2.23. The first-order valence-corrected chi connectivity index (χ1v) is 7.19. The van der Waals surface area contributed by atoms with Gasteiger partial charge in [-0.3, -0.25) is 4.79 Å². The number of amides is 1. The fourth-order valence-corrected chi connectivity index (χ4v) is 2.90. The summed E-state index contributed by atoms with van der Waals surface area (Å²) < 4.78 is 13.9. The molecule has 1 heterocycles. The van der Waals surface area contributed by atoms with Gasteiger partial charge in [-0.1, -0.05) is 25.7 Å². The lowest BCUT2D eigenvalue weighted by Gasteiger charge is -2.35. The second-order valence-corrected chi connectivity index (χ2v) is 5.81. The van der Waals surface area contributed by atoms with Gasteiger partial charge in [0, 0.05) is 18.7 Å². The minimum atomic E-state index is -0.528. The molecule has 0 aromatic heterocycles. The molecule has 21 heavy (non-hydrogen) atoms. The van der Waals surface area contributed by atoms with E-state index in [-0.39, 0.29) is 18.1 Å². The topological polar surface area (TPSA) is 40.5 Å². The van der Waals surface area contributed by atoms with Crippen LogP contribution in [0.2, 0.25) is 0 Å². The van der Waals surface area contributed by atoms with Crippen molar-refractivity contribution in [1.82, 2.24) is 4.90 Å².